The fourth-order valence-electron chi connectivity index (χ4n) is 2.03. The molecular weight excluding hydrogens is 278 g/mol. The van der Waals surface area contributed by atoms with Crippen LogP contribution in [-0.2, 0) is 11.3 Å². The zero-order valence-electron chi connectivity index (χ0n) is 11.8. The third kappa shape index (κ3) is 4.63. The molecule has 0 amide bonds. The number of nitrogens with zero attached hydrogens (tertiary/aromatic N) is 2. The smallest absolute Gasteiger partial charge is 0.185 e. The number of ether oxygens (including phenoxy) is 1. The van der Waals surface area contributed by atoms with Gasteiger partial charge in [-0.05, 0) is 19.1 Å². The number of hydrogen-bond donors (Lipinski definition) is 1. The van der Waals surface area contributed by atoms with Crippen LogP contribution in [0.2, 0.25) is 0 Å². The topological polar surface area (TPSA) is 37.4 Å². The van der Waals surface area contributed by atoms with Gasteiger partial charge in [-0.25, -0.2) is 4.98 Å². The number of nitrogens with one attached hydrogen (secondary N) is 1. The zero-order chi connectivity index (χ0) is 13.5. The number of thiazole rings is 1. The average Bonchev–Trinajstić information content (AvgIpc) is 2.65. The summed E-state index contributed by atoms with van der Waals surface area (Å²) in [6.07, 6.45) is 1.27. The number of thioether (sulfide) groups is 1. The lowest BCUT2D eigenvalue weighted by molar-refractivity contribution is 0.199. The van der Waals surface area contributed by atoms with E-state index in [9.17, 15) is 0 Å². The van der Waals surface area contributed by atoms with Crippen LogP contribution in [0.1, 0.15) is 17.0 Å². The maximum absolute atomic E-state index is 5.04. The van der Waals surface area contributed by atoms with Gasteiger partial charge in [0.05, 0.1) is 12.3 Å². The lowest BCUT2D eigenvalue weighted by Gasteiger charge is -2.18. The van der Waals surface area contributed by atoms with Crippen molar-refractivity contribution >= 4 is 28.2 Å². The van der Waals surface area contributed by atoms with Crippen LogP contribution >= 0.6 is 23.1 Å². The molecule has 2 heterocycles. The molecule has 108 valence electrons. The number of anilines is 1. The average molecular weight is 301 g/mol. The van der Waals surface area contributed by atoms with Crippen LogP contribution in [0.4, 0.5) is 5.13 Å². The van der Waals surface area contributed by atoms with E-state index in [0.717, 1.165) is 32.8 Å². The molecule has 1 saturated heterocycles. The summed E-state index contributed by atoms with van der Waals surface area (Å²) in [6.45, 7) is 6.94. The van der Waals surface area contributed by atoms with E-state index in [-0.39, 0.29) is 0 Å². The van der Waals surface area contributed by atoms with Gasteiger partial charge in [0, 0.05) is 43.9 Å². The molecular formula is C13H23N3OS2. The molecule has 0 saturated carbocycles. The Morgan fingerprint density at radius 1 is 1.37 bits per heavy atom. The molecule has 1 aromatic heterocycles. The molecule has 1 aliphatic rings. The minimum Gasteiger partial charge on any atom is -0.383 e. The standard InChI is InChI=1S/C13H23N3OS2/c1-11-12(10-14-4-7-17-2)19-13(15-11)16-5-3-8-18-9-6-16/h14H,3-10H2,1-2H3. The minimum absolute atomic E-state index is 0.758. The highest BCUT2D eigenvalue weighted by molar-refractivity contribution is 7.99. The fraction of sp³-hybridized carbons (Fsp3) is 0.769. The molecule has 0 aromatic carbocycles. The minimum atomic E-state index is 0.758. The van der Waals surface area contributed by atoms with E-state index in [1.165, 1.54) is 33.6 Å². The van der Waals surface area contributed by atoms with E-state index in [4.69, 9.17) is 9.72 Å². The van der Waals surface area contributed by atoms with Crippen LogP contribution in [0.15, 0.2) is 0 Å². The summed E-state index contributed by atoms with van der Waals surface area (Å²) in [5.74, 6) is 2.51. The molecule has 1 aliphatic heterocycles. The van der Waals surface area contributed by atoms with Crippen LogP contribution in [-0.4, -0.2) is 49.8 Å². The SMILES string of the molecule is COCCNCc1sc(N2CCCSCC2)nc1C. The molecule has 6 heteroatoms. The van der Waals surface area contributed by atoms with E-state index in [2.05, 4.69) is 28.9 Å². The molecule has 1 fully saturated rings. The van der Waals surface area contributed by atoms with Crippen molar-refractivity contribution in [3.05, 3.63) is 10.6 Å². The summed E-state index contributed by atoms with van der Waals surface area (Å²) < 4.78 is 5.04. The van der Waals surface area contributed by atoms with Gasteiger partial charge in [0.25, 0.3) is 0 Å². The van der Waals surface area contributed by atoms with Crippen molar-refractivity contribution < 1.29 is 4.74 Å². The number of aromatic nitrogens is 1. The predicted octanol–water partition coefficient (Wildman–Crippen LogP) is 2.13. The Bertz CT molecular complexity index is 376. The van der Waals surface area contributed by atoms with Crippen molar-refractivity contribution in [2.75, 3.05) is 49.8 Å². The van der Waals surface area contributed by atoms with Gasteiger partial charge in [-0.1, -0.05) is 0 Å². The van der Waals surface area contributed by atoms with Gasteiger partial charge < -0.3 is 15.0 Å². The number of hydrogen-bond acceptors (Lipinski definition) is 6. The summed E-state index contributed by atoms with van der Waals surface area (Å²) in [6, 6.07) is 0. The van der Waals surface area contributed by atoms with Crippen molar-refractivity contribution in [3.8, 4) is 0 Å². The largest absolute Gasteiger partial charge is 0.383 e. The summed E-state index contributed by atoms with van der Waals surface area (Å²) >= 11 is 3.89. The van der Waals surface area contributed by atoms with Gasteiger partial charge in [0.15, 0.2) is 5.13 Å². The second-order valence-electron chi connectivity index (χ2n) is 4.63. The third-order valence-electron chi connectivity index (χ3n) is 3.14. The van der Waals surface area contributed by atoms with Crippen molar-refractivity contribution in [1.82, 2.24) is 10.3 Å². The van der Waals surface area contributed by atoms with E-state index < -0.39 is 0 Å². The van der Waals surface area contributed by atoms with Gasteiger partial charge in [0.2, 0.25) is 0 Å². The van der Waals surface area contributed by atoms with Gasteiger partial charge in [-0.2, -0.15) is 11.8 Å². The van der Waals surface area contributed by atoms with Gasteiger partial charge in [-0.15, -0.1) is 11.3 Å². The first kappa shape index (κ1) is 15.1. The Labute approximate surface area is 123 Å². The monoisotopic (exact) mass is 301 g/mol. The van der Waals surface area contributed by atoms with Crippen molar-refractivity contribution in [2.45, 2.75) is 19.9 Å². The number of aryl methyl sites for hydroxylation is 1. The van der Waals surface area contributed by atoms with Crippen LogP contribution in [0.25, 0.3) is 0 Å². The molecule has 2 rings (SSSR count). The van der Waals surface area contributed by atoms with Gasteiger partial charge in [0.1, 0.15) is 0 Å². The Kier molecular flexibility index (Phi) is 6.43. The lowest BCUT2D eigenvalue weighted by atomic mass is 10.4. The second kappa shape index (κ2) is 8.09. The Morgan fingerprint density at radius 3 is 3.11 bits per heavy atom. The summed E-state index contributed by atoms with van der Waals surface area (Å²) in [4.78, 5) is 8.53. The predicted molar refractivity (Wildman–Crippen MR) is 84.6 cm³/mol. The first-order valence-corrected chi connectivity index (χ1v) is 8.77. The van der Waals surface area contributed by atoms with Crippen LogP contribution < -0.4 is 10.2 Å². The van der Waals surface area contributed by atoms with Crippen molar-refractivity contribution in [2.24, 2.45) is 0 Å². The third-order valence-corrected chi connectivity index (χ3v) is 5.41. The molecule has 4 nitrogen and oxygen atoms in total. The van der Waals surface area contributed by atoms with Crippen LogP contribution in [0, 0.1) is 6.92 Å². The van der Waals surface area contributed by atoms with E-state index in [0.29, 0.717) is 0 Å². The zero-order valence-corrected chi connectivity index (χ0v) is 13.4. The van der Waals surface area contributed by atoms with E-state index >= 15 is 0 Å². The highest BCUT2D eigenvalue weighted by atomic mass is 32.2. The van der Waals surface area contributed by atoms with Gasteiger partial charge in [-0.3, -0.25) is 0 Å². The first-order valence-electron chi connectivity index (χ1n) is 6.80. The molecule has 1 aromatic rings. The summed E-state index contributed by atoms with van der Waals surface area (Å²) in [7, 11) is 1.73. The molecule has 0 atom stereocenters. The lowest BCUT2D eigenvalue weighted by Crippen LogP contribution is -2.25. The molecule has 0 unspecified atom stereocenters. The van der Waals surface area contributed by atoms with E-state index in [1.807, 2.05) is 11.3 Å². The molecule has 0 bridgehead atoms. The molecule has 19 heavy (non-hydrogen) atoms. The normalized spacial score (nSPS) is 16.6. The maximum atomic E-state index is 5.04. The number of rotatable bonds is 6. The molecule has 0 radical (unpaired) electrons. The Hall–Kier alpha value is -0.300. The highest BCUT2D eigenvalue weighted by Gasteiger charge is 2.15. The van der Waals surface area contributed by atoms with Gasteiger partial charge >= 0.3 is 0 Å². The van der Waals surface area contributed by atoms with Crippen LogP contribution in [0.5, 0.6) is 0 Å². The number of methoxy groups -OCH3 is 1. The highest BCUT2D eigenvalue weighted by Crippen LogP contribution is 2.27. The quantitative estimate of drug-likeness (QED) is 0.815. The van der Waals surface area contributed by atoms with Crippen LogP contribution in [0.3, 0.4) is 0 Å². The Balaban J connectivity index is 1.91. The second-order valence-corrected chi connectivity index (χ2v) is 6.91. The van der Waals surface area contributed by atoms with E-state index in [1.54, 1.807) is 7.11 Å². The molecule has 0 spiro atoms. The van der Waals surface area contributed by atoms with Crippen molar-refractivity contribution in [1.29, 1.82) is 0 Å². The molecule has 0 aliphatic carbocycles. The Morgan fingerprint density at radius 2 is 2.26 bits per heavy atom. The summed E-state index contributed by atoms with van der Waals surface area (Å²) in [5, 5.41) is 4.59. The maximum Gasteiger partial charge on any atom is 0.185 e. The summed E-state index contributed by atoms with van der Waals surface area (Å²) in [5.41, 5.74) is 1.17. The molecule has 1 N–H and O–H groups in total. The first-order chi connectivity index (χ1) is 9.31. The van der Waals surface area contributed by atoms with Crippen molar-refractivity contribution in [3.63, 3.8) is 0 Å². The fourth-order valence-corrected chi connectivity index (χ4v) is 3.99.